The highest BCUT2D eigenvalue weighted by Gasteiger charge is 2.17. The van der Waals surface area contributed by atoms with Crippen LogP contribution in [-0.4, -0.2) is 23.9 Å². The van der Waals surface area contributed by atoms with Crippen molar-refractivity contribution in [2.24, 2.45) is 0 Å². The van der Waals surface area contributed by atoms with Crippen molar-refractivity contribution in [2.75, 3.05) is 0 Å². The molecule has 0 bridgehead atoms. The van der Waals surface area contributed by atoms with Gasteiger partial charge in [0, 0.05) is 29.2 Å². The summed E-state index contributed by atoms with van der Waals surface area (Å²) in [5, 5.41) is 0. The number of aromatic nitrogens is 5. The van der Waals surface area contributed by atoms with Crippen LogP contribution in [0.5, 0.6) is 0 Å². The first-order valence-corrected chi connectivity index (χ1v) is 14.0. The number of hydrogen-bond acceptors (Lipinski definition) is 3. The summed E-state index contributed by atoms with van der Waals surface area (Å²) in [5.74, 6) is 0.930. The minimum absolute atomic E-state index is 0.859. The van der Waals surface area contributed by atoms with Crippen molar-refractivity contribution in [3.05, 3.63) is 152 Å². The molecule has 8 rings (SSSR count). The van der Waals surface area contributed by atoms with E-state index in [9.17, 15) is 0 Å². The van der Waals surface area contributed by atoms with Gasteiger partial charge in [0.2, 0.25) is 0 Å². The second-order valence-electron chi connectivity index (χ2n) is 10.2. The fourth-order valence-electron chi connectivity index (χ4n) is 5.64. The average molecular weight is 540 g/mol. The lowest BCUT2D eigenvalue weighted by Gasteiger charge is -2.11. The van der Waals surface area contributed by atoms with Crippen LogP contribution in [0.2, 0.25) is 0 Å². The van der Waals surface area contributed by atoms with E-state index >= 15 is 0 Å². The summed E-state index contributed by atoms with van der Waals surface area (Å²) < 4.78 is 4.36. The van der Waals surface area contributed by atoms with Crippen molar-refractivity contribution in [3.63, 3.8) is 0 Å². The minimum Gasteiger partial charge on any atom is -0.299 e. The molecule has 42 heavy (non-hydrogen) atoms. The van der Waals surface area contributed by atoms with Gasteiger partial charge in [0.25, 0.3) is 0 Å². The minimum atomic E-state index is 0.859. The molecule has 0 aliphatic heterocycles. The second-order valence-corrected chi connectivity index (χ2v) is 10.2. The molecule has 0 saturated carbocycles. The van der Waals surface area contributed by atoms with Gasteiger partial charge in [-0.15, -0.1) is 0 Å². The van der Waals surface area contributed by atoms with Gasteiger partial charge >= 0.3 is 0 Å². The summed E-state index contributed by atoms with van der Waals surface area (Å²) in [7, 11) is 0. The molecule has 0 aliphatic carbocycles. The van der Waals surface area contributed by atoms with Gasteiger partial charge in [-0.3, -0.25) is 14.0 Å². The van der Waals surface area contributed by atoms with Gasteiger partial charge in [0.15, 0.2) is 0 Å². The topological polar surface area (TPSA) is 48.0 Å². The zero-order valence-corrected chi connectivity index (χ0v) is 22.7. The summed E-state index contributed by atoms with van der Waals surface area (Å²) in [5.41, 5.74) is 11.3. The van der Waals surface area contributed by atoms with Crippen LogP contribution in [0.1, 0.15) is 0 Å². The zero-order chi connectivity index (χ0) is 27.9. The highest BCUT2D eigenvalue weighted by molar-refractivity contribution is 5.84. The van der Waals surface area contributed by atoms with Crippen LogP contribution in [0.4, 0.5) is 0 Å². The summed E-state index contributed by atoms with van der Waals surface area (Å²) in [4.78, 5) is 14.5. The summed E-state index contributed by atoms with van der Waals surface area (Å²) >= 11 is 0. The lowest BCUT2D eigenvalue weighted by Crippen LogP contribution is -1.97. The molecule has 4 aromatic heterocycles. The highest BCUT2D eigenvalue weighted by Crippen LogP contribution is 2.34. The van der Waals surface area contributed by atoms with Crippen molar-refractivity contribution < 1.29 is 0 Å². The van der Waals surface area contributed by atoms with E-state index in [0.29, 0.717) is 0 Å². The number of fused-ring (bicyclic) bond motifs is 2. The van der Waals surface area contributed by atoms with Gasteiger partial charge in [-0.2, -0.15) is 0 Å². The fraction of sp³-hybridized carbons (Fsp3) is 0. The third-order valence-corrected chi connectivity index (χ3v) is 7.65. The second kappa shape index (κ2) is 9.98. The van der Waals surface area contributed by atoms with Crippen LogP contribution >= 0.6 is 0 Å². The Kier molecular flexibility index (Phi) is 5.71. The smallest absolute Gasteiger partial charge is 0.145 e. The van der Waals surface area contributed by atoms with Crippen molar-refractivity contribution in [1.29, 1.82) is 0 Å². The molecule has 0 fully saturated rings. The predicted molar refractivity (Wildman–Crippen MR) is 169 cm³/mol. The molecule has 4 aromatic carbocycles. The first kappa shape index (κ1) is 24.0. The van der Waals surface area contributed by atoms with Gasteiger partial charge < -0.3 is 0 Å². The number of imidazole rings is 2. The lowest BCUT2D eigenvalue weighted by atomic mass is 10.0. The molecule has 0 N–H and O–H groups in total. The van der Waals surface area contributed by atoms with Crippen molar-refractivity contribution >= 4 is 16.7 Å². The largest absolute Gasteiger partial charge is 0.299 e. The fourth-order valence-corrected chi connectivity index (χ4v) is 5.64. The quantitative estimate of drug-likeness (QED) is 0.220. The SMILES string of the molecule is c1ccc(-n2c(-c3ccc(-c4ccc(-c5c(-c6ccccn6)nc6ccccn56)cc4)cc3)nc3ccccc32)cc1. The average Bonchev–Trinajstić information content (AvgIpc) is 3.65. The van der Waals surface area contributed by atoms with Crippen LogP contribution in [0.25, 0.3) is 67.5 Å². The molecule has 5 nitrogen and oxygen atoms in total. The van der Waals surface area contributed by atoms with E-state index < -0.39 is 0 Å². The number of para-hydroxylation sites is 3. The molecular formula is C37H25N5. The normalized spacial score (nSPS) is 11.3. The van der Waals surface area contributed by atoms with Crippen molar-refractivity contribution in [3.8, 4) is 50.8 Å². The third-order valence-electron chi connectivity index (χ3n) is 7.65. The number of hydrogen-bond donors (Lipinski definition) is 0. The number of nitrogens with zero attached hydrogens (tertiary/aromatic N) is 5. The Morgan fingerprint density at radius 1 is 0.500 bits per heavy atom. The van der Waals surface area contributed by atoms with Crippen molar-refractivity contribution in [1.82, 2.24) is 23.9 Å². The molecular weight excluding hydrogens is 514 g/mol. The Morgan fingerprint density at radius 3 is 1.93 bits per heavy atom. The van der Waals surface area contributed by atoms with Gasteiger partial charge in [-0.1, -0.05) is 91.0 Å². The highest BCUT2D eigenvalue weighted by atomic mass is 15.1. The van der Waals surface area contributed by atoms with Gasteiger partial charge in [0.1, 0.15) is 17.2 Å². The molecule has 0 saturated heterocycles. The predicted octanol–water partition coefficient (Wildman–Crippen LogP) is 8.74. The Balaban J connectivity index is 1.16. The van der Waals surface area contributed by atoms with Gasteiger partial charge in [-0.25, -0.2) is 9.97 Å². The first-order chi connectivity index (χ1) is 20.8. The van der Waals surface area contributed by atoms with E-state index in [-0.39, 0.29) is 0 Å². The van der Waals surface area contributed by atoms with E-state index in [4.69, 9.17) is 9.97 Å². The maximum absolute atomic E-state index is 5.01. The molecule has 4 heterocycles. The first-order valence-electron chi connectivity index (χ1n) is 14.0. The summed E-state index contributed by atoms with van der Waals surface area (Å²) in [6.07, 6.45) is 3.87. The molecule has 0 amide bonds. The Labute approximate surface area is 243 Å². The Bertz CT molecular complexity index is 2160. The van der Waals surface area contributed by atoms with Crippen molar-refractivity contribution in [2.45, 2.75) is 0 Å². The van der Waals surface area contributed by atoms with Crippen LogP contribution in [-0.2, 0) is 0 Å². The van der Waals surface area contributed by atoms with E-state index in [1.165, 1.54) is 0 Å². The van der Waals surface area contributed by atoms with E-state index in [2.05, 4.69) is 111 Å². The van der Waals surface area contributed by atoms with E-state index in [1.54, 1.807) is 0 Å². The van der Waals surface area contributed by atoms with Gasteiger partial charge in [-0.05, 0) is 59.7 Å². The maximum Gasteiger partial charge on any atom is 0.145 e. The maximum atomic E-state index is 5.01. The third kappa shape index (κ3) is 4.07. The molecule has 0 atom stereocenters. The molecule has 8 aromatic rings. The number of pyridine rings is 2. The molecule has 0 spiro atoms. The zero-order valence-electron chi connectivity index (χ0n) is 22.7. The van der Waals surface area contributed by atoms with Crippen LogP contribution in [0.3, 0.4) is 0 Å². The molecule has 5 heteroatoms. The van der Waals surface area contributed by atoms with Crippen LogP contribution in [0.15, 0.2) is 152 Å². The van der Waals surface area contributed by atoms with Crippen LogP contribution in [0, 0.1) is 0 Å². The number of benzene rings is 4. The standard InChI is InChI=1S/C37H25N5/c1-2-10-30(11-3-1)42-33-14-5-4-12-31(33)39-37(42)29-22-18-27(19-23-29)26-16-20-28(21-17-26)36-35(32-13-6-8-24-38-32)40-34-15-7-9-25-41(34)36/h1-25H. The molecule has 0 unspecified atom stereocenters. The Morgan fingerprint density at radius 2 is 1.17 bits per heavy atom. The molecule has 0 aliphatic rings. The monoisotopic (exact) mass is 539 g/mol. The lowest BCUT2D eigenvalue weighted by molar-refractivity contribution is 1.10. The van der Waals surface area contributed by atoms with Crippen LogP contribution < -0.4 is 0 Å². The molecule has 198 valence electrons. The number of rotatable bonds is 5. The Hall–Kier alpha value is -5.81. The summed E-state index contributed by atoms with van der Waals surface area (Å²) in [6, 6.07) is 48.0. The molecule has 0 radical (unpaired) electrons. The van der Waals surface area contributed by atoms with E-state index in [1.807, 2.05) is 54.7 Å². The van der Waals surface area contributed by atoms with Gasteiger partial charge in [0.05, 0.1) is 22.4 Å². The van der Waals surface area contributed by atoms with E-state index in [0.717, 1.165) is 67.5 Å². The summed E-state index contributed by atoms with van der Waals surface area (Å²) in [6.45, 7) is 0.